The third-order valence-electron chi connectivity index (χ3n) is 2.16. The number of carbonyl (C=O) groups excluding carboxylic acids is 1. The summed E-state index contributed by atoms with van der Waals surface area (Å²) in [6, 6.07) is 7.55. The summed E-state index contributed by atoms with van der Waals surface area (Å²) >= 11 is 0. The van der Waals surface area contributed by atoms with E-state index in [1.807, 2.05) is 43.3 Å². The lowest BCUT2D eigenvalue weighted by Crippen LogP contribution is -1.91. The number of ketones is 1. The Morgan fingerprint density at radius 2 is 1.71 bits per heavy atom. The molecule has 0 aliphatic carbocycles. The van der Waals surface area contributed by atoms with E-state index >= 15 is 0 Å². The molecular formula is C13H14O. The van der Waals surface area contributed by atoms with Crippen LogP contribution in [0.15, 0.2) is 43.0 Å². The Labute approximate surface area is 84.8 Å². The molecule has 0 spiro atoms. The highest BCUT2D eigenvalue weighted by Crippen LogP contribution is 2.16. The van der Waals surface area contributed by atoms with Crippen molar-refractivity contribution in [2.24, 2.45) is 0 Å². The number of carbonyl (C=O) groups is 1. The van der Waals surface area contributed by atoms with Crippen molar-refractivity contribution in [3.8, 4) is 0 Å². The normalized spacial score (nSPS) is 11.1. The van der Waals surface area contributed by atoms with Crippen LogP contribution in [-0.4, -0.2) is 5.78 Å². The summed E-state index contributed by atoms with van der Waals surface area (Å²) in [7, 11) is 0. The van der Waals surface area contributed by atoms with Gasteiger partial charge in [0.15, 0.2) is 5.78 Å². The first-order chi connectivity index (χ1) is 6.69. The average molecular weight is 186 g/mol. The van der Waals surface area contributed by atoms with Gasteiger partial charge in [0.25, 0.3) is 0 Å². The number of rotatable bonds is 3. The van der Waals surface area contributed by atoms with Gasteiger partial charge in [0.05, 0.1) is 0 Å². The van der Waals surface area contributed by atoms with Crippen molar-refractivity contribution in [2.45, 2.75) is 13.8 Å². The molecule has 1 heteroatoms. The van der Waals surface area contributed by atoms with Crippen LogP contribution in [0.4, 0.5) is 0 Å². The van der Waals surface area contributed by atoms with Gasteiger partial charge >= 0.3 is 0 Å². The van der Waals surface area contributed by atoms with E-state index in [2.05, 4.69) is 6.58 Å². The van der Waals surface area contributed by atoms with Crippen molar-refractivity contribution in [3.05, 3.63) is 54.1 Å². The fourth-order valence-electron chi connectivity index (χ4n) is 1.30. The van der Waals surface area contributed by atoms with Crippen LogP contribution in [0.1, 0.15) is 29.8 Å². The van der Waals surface area contributed by atoms with E-state index in [1.165, 1.54) is 0 Å². The first kappa shape index (κ1) is 10.5. The Morgan fingerprint density at radius 3 is 2.07 bits per heavy atom. The molecule has 1 aromatic carbocycles. The molecule has 0 saturated carbocycles. The number of benzene rings is 1. The summed E-state index contributed by atoms with van der Waals surface area (Å²) in [6.45, 7) is 7.27. The molecule has 0 aliphatic rings. The van der Waals surface area contributed by atoms with Gasteiger partial charge < -0.3 is 0 Å². The third kappa shape index (κ3) is 2.19. The van der Waals surface area contributed by atoms with Crippen molar-refractivity contribution in [1.29, 1.82) is 0 Å². The molecule has 14 heavy (non-hydrogen) atoms. The molecule has 0 fully saturated rings. The van der Waals surface area contributed by atoms with E-state index in [0.29, 0.717) is 0 Å². The fraction of sp³-hybridized carbons (Fsp3) is 0.154. The number of hydrogen-bond acceptors (Lipinski definition) is 1. The number of Topliss-reactive ketones (excluding diaryl/α,β-unsaturated/α-hetero) is 1. The Hall–Kier alpha value is -1.63. The molecular weight excluding hydrogens is 172 g/mol. The quantitative estimate of drug-likeness (QED) is 0.521. The number of allylic oxidation sites excluding steroid dienone is 3. The van der Waals surface area contributed by atoms with Gasteiger partial charge in [-0.3, -0.25) is 4.79 Å². The first-order valence-corrected chi connectivity index (χ1v) is 4.59. The zero-order valence-electron chi connectivity index (χ0n) is 8.58. The topological polar surface area (TPSA) is 17.1 Å². The highest BCUT2D eigenvalue weighted by molar-refractivity contribution is 5.94. The minimum absolute atomic E-state index is 0.0946. The zero-order valence-corrected chi connectivity index (χ0v) is 8.58. The Morgan fingerprint density at radius 1 is 1.21 bits per heavy atom. The fourth-order valence-corrected chi connectivity index (χ4v) is 1.30. The molecule has 0 saturated heterocycles. The van der Waals surface area contributed by atoms with Crippen LogP contribution < -0.4 is 0 Å². The van der Waals surface area contributed by atoms with E-state index in [-0.39, 0.29) is 5.78 Å². The maximum absolute atomic E-state index is 11.0. The molecule has 0 N–H and O–H groups in total. The van der Waals surface area contributed by atoms with Gasteiger partial charge in [0, 0.05) is 5.56 Å². The van der Waals surface area contributed by atoms with Crippen molar-refractivity contribution in [1.82, 2.24) is 0 Å². The van der Waals surface area contributed by atoms with Gasteiger partial charge in [-0.25, -0.2) is 0 Å². The minimum atomic E-state index is 0.0946. The summed E-state index contributed by atoms with van der Waals surface area (Å²) < 4.78 is 0. The van der Waals surface area contributed by atoms with Crippen LogP contribution in [0.2, 0.25) is 0 Å². The minimum Gasteiger partial charge on any atom is -0.295 e. The second kappa shape index (κ2) is 4.56. The molecule has 1 rings (SSSR count). The SMILES string of the molecule is C=C/C(=C\C)c1ccc(C(C)=O)cc1. The molecule has 72 valence electrons. The van der Waals surface area contributed by atoms with Gasteiger partial charge in [0.1, 0.15) is 0 Å². The second-order valence-corrected chi connectivity index (χ2v) is 3.08. The van der Waals surface area contributed by atoms with E-state index < -0.39 is 0 Å². The third-order valence-corrected chi connectivity index (χ3v) is 2.16. The summed E-state index contributed by atoms with van der Waals surface area (Å²) in [5, 5.41) is 0. The Kier molecular flexibility index (Phi) is 3.41. The smallest absolute Gasteiger partial charge is 0.159 e. The monoisotopic (exact) mass is 186 g/mol. The van der Waals surface area contributed by atoms with Crippen molar-refractivity contribution in [3.63, 3.8) is 0 Å². The predicted molar refractivity (Wildman–Crippen MR) is 60.3 cm³/mol. The number of hydrogen-bond donors (Lipinski definition) is 0. The maximum atomic E-state index is 11.0. The molecule has 0 bridgehead atoms. The standard InChI is InChI=1S/C13H14O/c1-4-11(5-2)13-8-6-12(7-9-13)10(3)14/h4-9H,1H2,2-3H3/b11-5+. The molecule has 0 atom stereocenters. The maximum Gasteiger partial charge on any atom is 0.159 e. The van der Waals surface area contributed by atoms with Crippen LogP contribution in [0.25, 0.3) is 5.57 Å². The lowest BCUT2D eigenvalue weighted by atomic mass is 10.0. The van der Waals surface area contributed by atoms with Crippen LogP contribution in [0.3, 0.4) is 0 Å². The average Bonchev–Trinajstić information content (AvgIpc) is 2.20. The molecule has 0 aromatic heterocycles. The van der Waals surface area contributed by atoms with Gasteiger partial charge in [-0.15, -0.1) is 0 Å². The highest BCUT2D eigenvalue weighted by atomic mass is 16.1. The molecule has 1 nitrogen and oxygen atoms in total. The zero-order chi connectivity index (χ0) is 10.6. The summed E-state index contributed by atoms with van der Waals surface area (Å²) in [4.78, 5) is 11.0. The van der Waals surface area contributed by atoms with Gasteiger partial charge in [0.2, 0.25) is 0 Å². The molecule has 0 amide bonds. The van der Waals surface area contributed by atoms with Crippen molar-refractivity contribution in [2.75, 3.05) is 0 Å². The van der Waals surface area contributed by atoms with Crippen molar-refractivity contribution < 1.29 is 4.79 Å². The molecule has 0 heterocycles. The van der Waals surface area contributed by atoms with E-state index in [1.54, 1.807) is 6.92 Å². The van der Waals surface area contributed by atoms with E-state index in [4.69, 9.17) is 0 Å². The van der Waals surface area contributed by atoms with Crippen LogP contribution in [-0.2, 0) is 0 Å². The lowest BCUT2D eigenvalue weighted by Gasteiger charge is -2.02. The van der Waals surface area contributed by atoms with E-state index in [0.717, 1.165) is 16.7 Å². The molecule has 0 unspecified atom stereocenters. The predicted octanol–water partition coefficient (Wildman–Crippen LogP) is 3.48. The molecule has 0 aliphatic heterocycles. The lowest BCUT2D eigenvalue weighted by molar-refractivity contribution is 0.101. The Bertz CT molecular complexity index is 369. The first-order valence-electron chi connectivity index (χ1n) is 4.59. The Balaban J connectivity index is 3.05. The molecule has 1 aromatic rings. The summed E-state index contributed by atoms with van der Waals surface area (Å²) in [5.41, 5.74) is 2.92. The van der Waals surface area contributed by atoms with Crippen LogP contribution in [0, 0.1) is 0 Å². The summed E-state index contributed by atoms with van der Waals surface area (Å²) in [6.07, 6.45) is 3.80. The second-order valence-electron chi connectivity index (χ2n) is 3.08. The van der Waals surface area contributed by atoms with E-state index in [9.17, 15) is 4.79 Å². The van der Waals surface area contributed by atoms with Gasteiger partial charge in [-0.2, -0.15) is 0 Å². The highest BCUT2D eigenvalue weighted by Gasteiger charge is 1.99. The van der Waals surface area contributed by atoms with Crippen LogP contribution >= 0.6 is 0 Å². The van der Waals surface area contributed by atoms with Gasteiger partial charge in [-0.05, 0) is 25.0 Å². The molecule has 0 radical (unpaired) electrons. The van der Waals surface area contributed by atoms with Crippen molar-refractivity contribution >= 4 is 11.4 Å². The van der Waals surface area contributed by atoms with Crippen LogP contribution in [0.5, 0.6) is 0 Å². The van der Waals surface area contributed by atoms with Gasteiger partial charge in [-0.1, -0.05) is 43.0 Å². The largest absolute Gasteiger partial charge is 0.295 e. The summed E-state index contributed by atoms with van der Waals surface area (Å²) in [5.74, 6) is 0.0946.